The monoisotopic (exact) mass is 387 g/mol. The highest BCUT2D eigenvalue weighted by Gasteiger charge is 2.49. The van der Waals surface area contributed by atoms with Crippen molar-refractivity contribution in [2.45, 2.75) is 25.9 Å². The SMILES string of the molecule is Cc1ccc2c(CN3C(=O)NC(C)(c4ccc(C#N)cc4)C3=O)cc(=O)oc2c1. The molecule has 0 saturated carbocycles. The van der Waals surface area contributed by atoms with Crippen molar-refractivity contribution >= 4 is 22.9 Å². The summed E-state index contributed by atoms with van der Waals surface area (Å²) in [6.07, 6.45) is 0. The number of hydrogen-bond donors (Lipinski definition) is 1. The van der Waals surface area contributed by atoms with Crippen LogP contribution in [0, 0.1) is 18.3 Å². The Balaban J connectivity index is 1.71. The quantitative estimate of drug-likeness (QED) is 0.550. The predicted octanol–water partition coefficient (Wildman–Crippen LogP) is 2.94. The summed E-state index contributed by atoms with van der Waals surface area (Å²) < 4.78 is 5.25. The lowest BCUT2D eigenvalue weighted by Crippen LogP contribution is -2.40. The van der Waals surface area contributed by atoms with Gasteiger partial charge in [-0.25, -0.2) is 9.59 Å². The first-order chi connectivity index (χ1) is 13.8. The van der Waals surface area contributed by atoms with Crippen LogP contribution in [0.25, 0.3) is 11.0 Å². The van der Waals surface area contributed by atoms with Gasteiger partial charge < -0.3 is 9.73 Å². The first kappa shape index (κ1) is 18.4. The fourth-order valence-electron chi connectivity index (χ4n) is 3.55. The fraction of sp³-hybridized carbons (Fsp3) is 0.182. The lowest BCUT2D eigenvalue weighted by atomic mass is 9.91. The number of amides is 3. The van der Waals surface area contributed by atoms with Gasteiger partial charge in [0.15, 0.2) is 0 Å². The molecule has 1 N–H and O–H groups in total. The van der Waals surface area contributed by atoms with Gasteiger partial charge in [0.05, 0.1) is 18.2 Å². The normalized spacial score (nSPS) is 18.7. The second kappa shape index (κ2) is 6.60. The third-order valence-corrected chi connectivity index (χ3v) is 5.18. The number of nitrogens with one attached hydrogen (secondary N) is 1. The highest BCUT2D eigenvalue weighted by molar-refractivity contribution is 6.07. The summed E-state index contributed by atoms with van der Waals surface area (Å²) in [5.74, 6) is -0.430. The molecule has 3 amide bonds. The van der Waals surface area contributed by atoms with Crippen LogP contribution in [-0.2, 0) is 16.9 Å². The van der Waals surface area contributed by atoms with Crippen molar-refractivity contribution in [2.24, 2.45) is 0 Å². The van der Waals surface area contributed by atoms with Crippen LogP contribution >= 0.6 is 0 Å². The Kier molecular flexibility index (Phi) is 4.20. The molecule has 1 aliphatic heterocycles. The topological polar surface area (TPSA) is 103 Å². The highest BCUT2D eigenvalue weighted by atomic mass is 16.4. The molecule has 0 radical (unpaired) electrons. The van der Waals surface area contributed by atoms with Crippen LogP contribution in [0.3, 0.4) is 0 Å². The second-order valence-electron chi connectivity index (χ2n) is 7.23. The number of nitrogens with zero attached hydrogens (tertiary/aromatic N) is 2. The van der Waals surface area contributed by atoms with Gasteiger partial charge >= 0.3 is 11.7 Å². The zero-order valence-electron chi connectivity index (χ0n) is 15.9. The Labute approximate surface area is 166 Å². The van der Waals surface area contributed by atoms with E-state index in [0.717, 1.165) is 10.5 Å². The van der Waals surface area contributed by atoms with Crippen LogP contribution < -0.4 is 10.9 Å². The fourth-order valence-corrected chi connectivity index (χ4v) is 3.55. The molecule has 1 atom stereocenters. The van der Waals surface area contributed by atoms with Crippen molar-refractivity contribution < 1.29 is 14.0 Å². The van der Waals surface area contributed by atoms with Gasteiger partial charge in [-0.1, -0.05) is 24.3 Å². The molecule has 7 nitrogen and oxygen atoms in total. The van der Waals surface area contributed by atoms with Gasteiger partial charge in [0.1, 0.15) is 11.1 Å². The Morgan fingerprint density at radius 3 is 2.52 bits per heavy atom. The van der Waals surface area contributed by atoms with E-state index in [4.69, 9.17) is 9.68 Å². The molecule has 1 aliphatic rings. The van der Waals surface area contributed by atoms with E-state index >= 15 is 0 Å². The average Bonchev–Trinajstić information content (AvgIpc) is 2.91. The minimum atomic E-state index is -1.25. The molecule has 4 rings (SSSR count). The molecular weight excluding hydrogens is 370 g/mol. The molecular formula is C22H17N3O4. The maximum absolute atomic E-state index is 13.1. The first-order valence-electron chi connectivity index (χ1n) is 9.00. The molecule has 1 saturated heterocycles. The highest BCUT2D eigenvalue weighted by Crippen LogP contribution is 2.31. The van der Waals surface area contributed by atoms with E-state index in [-0.39, 0.29) is 6.54 Å². The van der Waals surface area contributed by atoms with Gasteiger partial charge in [0.25, 0.3) is 5.91 Å². The second-order valence-corrected chi connectivity index (χ2v) is 7.23. The number of nitriles is 1. The number of fused-ring (bicyclic) bond motifs is 1. The number of aryl methyl sites for hydroxylation is 1. The number of urea groups is 1. The largest absolute Gasteiger partial charge is 0.423 e. The molecule has 29 heavy (non-hydrogen) atoms. The van der Waals surface area contributed by atoms with E-state index in [0.29, 0.717) is 27.7 Å². The number of carbonyl (C=O) groups is 2. The van der Waals surface area contributed by atoms with Crippen molar-refractivity contribution in [2.75, 3.05) is 0 Å². The summed E-state index contributed by atoms with van der Waals surface area (Å²) in [4.78, 5) is 38.8. The van der Waals surface area contributed by atoms with Crippen molar-refractivity contribution in [3.8, 4) is 6.07 Å². The summed E-state index contributed by atoms with van der Waals surface area (Å²) in [5.41, 5.74) is 1.12. The lowest BCUT2D eigenvalue weighted by Gasteiger charge is -2.22. The summed E-state index contributed by atoms with van der Waals surface area (Å²) in [6, 6.07) is 14.7. The van der Waals surface area contributed by atoms with Crippen LogP contribution in [0.4, 0.5) is 4.79 Å². The number of carbonyl (C=O) groups excluding carboxylic acids is 2. The molecule has 1 fully saturated rings. The molecule has 1 unspecified atom stereocenters. The van der Waals surface area contributed by atoms with Crippen molar-refractivity contribution in [3.05, 3.63) is 81.2 Å². The molecule has 2 heterocycles. The summed E-state index contributed by atoms with van der Waals surface area (Å²) in [7, 11) is 0. The van der Waals surface area contributed by atoms with Crippen LogP contribution in [-0.4, -0.2) is 16.8 Å². The van der Waals surface area contributed by atoms with E-state index in [1.54, 1.807) is 43.3 Å². The summed E-state index contributed by atoms with van der Waals surface area (Å²) in [5, 5.41) is 12.4. The Morgan fingerprint density at radius 1 is 1.10 bits per heavy atom. The minimum Gasteiger partial charge on any atom is -0.423 e. The number of benzene rings is 2. The van der Waals surface area contributed by atoms with Crippen LogP contribution in [0.5, 0.6) is 0 Å². The van der Waals surface area contributed by atoms with Gasteiger partial charge in [-0.3, -0.25) is 9.69 Å². The first-order valence-corrected chi connectivity index (χ1v) is 9.00. The van der Waals surface area contributed by atoms with Crippen LogP contribution in [0.15, 0.2) is 57.7 Å². The van der Waals surface area contributed by atoms with Crippen LogP contribution in [0.1, 0.15) is 29.2 Å². The van der Waals surface area contributed by atoms with E-state index in [2.05, 4.69) is 5.32 Å². The Morgan fingerprint density at radius 2 is 1.83 bits per heavy atom. The molecule has 0 spiro atoms. The lowest BCUT2D eigenvalue weighted by molar-refractivity contribution is -0.131. The smallest absolute Gasteiger partial charge is 0.336 e. The molecule has 0 bridgehead atoms. The van der Waals surface area contributed by atoms with E-state index in [1.165, 1.54) is 6.07 Å². The van der Waals surface area contributed by atoms with E-state index < -0.39 is 23.1 Å². The van der Waals surface area contributed by atoms with Gasteiger partial charge in [-0.15, -0.1) is 0 Å². The van der Waals surface area contributed by atoms with Crippen molar-refractivity contribution in [3.63, 3.8) is 0 Å². The van der Waals surface area contributed by atoms with Gasteiger partial charge in [-0.05, 0) is 48.7 Å². The van der Waals surface area contributed by atoms with Gasteiger partial charge in [0.2, 0.25) is 0 Å². The minimum absolute atomic E-state index is 0.0539. The van der Waals surface area contributed by atoms with Gasteiger partial charge in [-0.2, -0.15) is 5.26 Å². The molecule has 0 aliphatic carbocycles. The number of rotatable bonds is 3. The van der Waals surface area contributed by atoms with Gasteiger partial charge in [0, 0.05) is 11.5 Å². The third kappa shape index (κ3) is 3.05. The maximum atomic E-state index is 13.1. The van der Waals surface area contributed by atoms with Crippen molar-refractivity contribution in [1.82, 2.24) is 10.2 Å². The van der Waals surface area contributed by atoms with Crippen LogP contribution in [0.2, 0.25) is 0 Å². The number of hydrogen-bond acceptors (Lipinski definition) is 5. The predicted molar refractivity (Wildman–Crippen MR) is 105 cm³/mol. The zero-order valence-corrected chi connectivity index (χ0v) is 15.9. The molecule has 2 aromatic carbocycles. The average molecular weight is 387 g/mol. The molecule has 3 aromatic rings. The molecule has 144 valence electrons. The molecule has 7 heteroatoms. The van der Waals surface area contributed by atoms with E-state index in [1.807, 2.05) is 19.1 Å². The summed E-state index contributed by atoms with van der Waals surface area (Å²) in [6.45, 7) is 3.45. The van der Waals surface area contributed by atoms with Crippen molar-refractivity contribution in [1.29, 1.82) is 5.26 Å². The zero-order chi connectivity index (χ0) is 20.8. The number of imide groups is 1. The Bertz CT molecular complexity index is 1250. The third-order valence-electron chi connectivity index (χ3n) is 5.18. The maximum Gasteiger partial charge on any atom is 0.336 e. The standard InChI is InChI=1S/C22H17N3O4/c1-13-3-8-17-15(10-19(26)29-18(17)9-13)12-25-20(27)22(2,24-21(25)28)16-6-4-14(11-23)5-7-16/h3-10H,12H2,1-2H3,(H,24,28). The van der Waals surface area contributed by atoms with E-state index in [9.17, 15) is 14.4 Å². The Hall–Kier alpha value is -3.92. The molecule has 1 aromatic heterocycles. The summed E-state index contributed by atoms with van der Waals surface area (Å²) >= 11 is 0.